The van der Waals surface area contributed by atoms with Crippen molar-refractivity contribution in [1.29, 1.82) is 0 Å². The Morgan fingerprint density at radius 1 is 0.758 bits per heavy atom. The summed E-state index contributed by atoms with van der Waals surface area (Å²) in [5.41, 5.74) is 3.17. The highest BCUT2D eigenvalue weighted by Gasteiger charge is 2.40. The van der Waals surface area contributed by atoms with Crippen molar-refractivity contribution in [2.45, 2.75) is 6.92 Å². The number of methoxy groups -OCH3 is 3. The van der Waals surface area contributed by atoms with Gasteiger partial charge in [-0.3, -0.25) is 9.59 Å². The zero-order valence-electron chi connectivity index (χ0n) is 18.8. The lowest BCUT2D eigenvalue weighted by Gasteiger charge is -2.16. The monoisotopic (exact) mass is 444 g/mol. The number of hydrogen-bond acceptors (Lipinski definition) is 6. The fourth-order valence-electron chi connectivity index (χ4n) is 3.74. The van der Waals surface area contributed by atoms with E-state index in [1.54, 1.807) is 36.4 Å². The molecule has 0 spiro atoms. The van der Waals surface area contributed by atoms with Crippen LogP contribution in [0.3, 0.4) is 0 Å². The van der Waals surface area contributed by atoms with Crippen LogP contribution >= 0.6 is 0 Å². The lowest BCUT2D eigenvalue weighted by molar-refractivity contribution is -0.120. The second-order valence-electron chi connectivity index (χ2n) is 7.44. The first-order valence-corrected chi connectivity index (χ1v) is 10.3. The van der Waals surface area contributed by atoms with E-state index in [-0.39, 0.29) is 11.3 Å². The fraction of sp³-hybridized carbons (Fsp3) is 0.154. The first kappa shape index (κ1) is 22.0. The van der Waals surface area contributed by atoms with Gasteiger partial charge in [0.15, 0.2) is 11.5 Å². The lowest BCUT2D eigenvalue weighted by Crippen LogP contribution is -2.32. The number of para-hydroxylation sites is 1. The van der Waals surface area contributed by atoms with E-state index in [1.807, 2.05) is 37.3 Å². The van der Waals surface area contributed by atoms with Crippen molar-refractivity contribution in [2.75, 3.05) is 31.5 Å². The minimum absolute atomic E-state index is 0.168. The number of rotatable bonds is 7. The molecule has 1 heterocycles. The molecule has 0 aliphatic carbocycles. The van der Waals surface area contributed by atoms with E-state index >= 15 is 0 Å². The molecule has 0 radical (unpaired) electrons. The molecular weight excluding hydrogens is 420 g/mol. The van der Waals surface area contributed by atoms with E-state index in [0.717, 1.165) is 5.56 Å². The molecule has 3 aromatic rings. The van der Waals surface area contributed by atoms with Gasteiger partial charge in [-0.1, -0.05) is 48.0 Å². The summed E-state index contributed by atoms with van der Waals surface area (Å²) < 4.78 is 16.2. The zero-order valence-corrected chi connectivity index (χ0v) is 18.8. The summed E-state index contributed by atoms with van der Waals surface area (Å²) in [5, 5.41) is 3.14. The lowest BCUT2D eigenvalue weighted by atomic mass is 10.0. The standard InChI is InChI=1S/C26H24N2O5/c1-16-10-12-17(13-11-16)22-23(26(30)28(25(22)29)19-8-6-5-7-9-19)27-18-14-20(31-2)24(33-4)21(15-18)32-3/h5-15,27H,1-4H3. The summed E-state index contributed by atoms with van der Waals surface area (Å²) in [7, 11) is 4.54. The van der Waals surface area contributed by atoms with Crippen LogP contribution in [0.25, 0.3) is 5.57 Å². The Balaban J connectivity index is 1.84. The Kier molecular flexibility index (Phi) is 6.04. The van der Waals surface area contributed by atoms with Gasteiger partial charge in [-0.25, -0.2) is 4.90 Å². The van der Waals surface area contributed by atoms with Crippen molar-refractivity contribution >= 4 is 28.8 Å². The number of carbonyl (C=O) groups is 2. The molecule has 3 aromatic carbocycles. The normalized spacial score (nSPS) is 13.4. The van der Waals surface area contributed by atoms with Gasteiger partial charge in [0.2, 0.25) is 5.75 Å². The second-order valence-corrected chi connectivity index (χ2v) is 7.44. The SMILES string of the molecule is COc1cc(NC2=C(c3ccc(C)cc3)C(=O)N(c3ccccc3)C2=O)cc(OC)c1OC. The number of hydrogen-bond donors (Lipinski definition) is 1. The van der Waals surface area contributed by atoms with E-state index in [9.17, 15) is 9.59 Å². The third-order valence-corrected chi connectivity index (χ3v) is 5.37. The van der Waals surface area contributed by atoms with Gasteiger partial charge < -0.3 is 19.5 Å². The topological polar surface area (TPSA) is 77.1 Å². The summed E-state index contributed by atoms with van der Waals surface area (Å²) >= 11 is 0. The van der Waals surface area contributed by atoms with Crippen molar-refractivity contribution in [3.8, 4) is 17.2 Å². The molecule has 0 fully saturated rings. The Morgan fingerprint density at radius 3 is 1.91 bits per heavy atom. The summed E-state index contributed by atoms with van der Waals surface area (Å²) in [4.78, 5) is 28.2. The first-order valence-electron chi connectivity index (χ1n) is 10.3. The predicted octanol–water partition coefficient (Wildman–Crippen LogP) is 4.42. The van der Waals surface area contributed by atoms with Crippen molar-refractivity contribution < 1.29 is 23.8 Å². The molecule has 0 aromatic heterocycles. The summed E-state index contributed by atoms with van der Waals surface area (Å²) in [6, 6.07) is 19.7. The Hall–Kier alpha value is -4.26. The van der Waals surface area contributed by atoms with Crippen LogP contribution in [0.5, 0.6) is 17.2 Å². The maximum Gasteiger partial charge on any atom is 0.282 e. The summed E-state index contributed by atoms with van der Waals surface area (Å²) in [6.07, 6.45) is 0. The van der Waals surface area contributed by atoms with Gasteiger partial charge >= 0.3 is 0 Å². The number of amides is 2. The number of benzene rings is 3. The Labute approximate surface area is 192 Å². The van der Waals surface area contributed by atoms with E-state index < -0.39 is 11.8 Å². The maximum absolute atomic E-state index is 13.5. The number of nitrogens with one attached hydrogen (secondary N) is 1. The molecule has 0 saturated heterocycles. The van der Waals surface area contributed by atoms with Crippen molar-refractivity contribution in [1.82, 2.24) is 0 Å². The average Bonchev–Trinajstić information content (AvgIpc) is 3.08. The van der Waals surface area contributed by atoms with Crippen molar-refractivity contribution in [3.05, 3.63) is 83.6 Å². The van der Waals surface area contributed by atoms with Crippen LogP contribution in [-0.4, -0.2) is 33.1 Å². The molecule has 1 aliphatic heterocycles. The molecule has 4 rings (SSSR count). The van der Waals surface area contributed by atoms with Crippen LogP contribution in [-0.2, 0) is 9.59 Å². The molecule has 7 nitrogen and oxygen atoms in total. The summed E-state index contributed by atoms with van der Waals surface area (Å²) in [6.45, 7) is 1.96. The molecule has 168 valence electrons. The molecule has 0 bridgehead atoms. The molecule has 1 aliphatic rings. The second kappa shape index (κ2) is 9.08. The van der Waals surface area contributed by atoms with E-state index in [4.69, 9.17) is 14.2 Å². The number of aryl methyl sites for hydroxylation is 1. The van der Waals surface area contributed by atoms with Gasteiger partial charge in [-0.05, 0) is 24.6 Å². The highest BCUT2D eigenvalue weighted by molar-refractivity contribution is 6.46. The molecule has 0 atom stereocenters. The average molecular weight is 444 g/mol. The largest absolute Gasteiger partial charge is 0.493 e. The van der Waals surface area contributed by atoms with Crippen LogP contribution < -0.4 is 24.4 Å². The fourth-order valence-corrected chi connectivity index (χ4v) is 3.74. The highest BCUT2D eigenvalue weighted by atomic mass is 16.5. The smallest absolute Gasteiger partial charge is 0.282 e. The number of nitrogens with zero attached hydrogens (tertiary/aromatic N) is 1. The first-order chi connectivity index (χ1) is 16.0. The molecular formula is C26H24N2O5. The minimum Gasteiger partial charge on any atom is -0.493 e. The zero-order chi connectivity index (χ0) is 23.5. The quantitative estimate of drug-likeness (QED) is 0.544. The molecule has 7 heteroatoms. The molecule has 2 amide bonds. The Bertz CT molecular complexity index is 1210. The van der Waals surface area contributed by atoms with E-state index in [1.165, 1.54) is 26.2 Å². The van der Waals surface area contributed by atoms with Crippen molar-refractivity contribution in [3.63, 3.8) is 0 Å². The molecule has 0 unspecified atom stereocenters. The van der Waals surface area contributed by atoms with Crippen LogP contribution in [0.15, 0.2) is 72.4 Å². The van der Waals surface area contributed by atoms with E-state index in [2.05, 4.69) is 5.32 Å². The van der Waals surface area contributed by atoms with Gasteiger partial charge in [0.25, 0.3) is 11.8 Å². The number of imide groups is 1. The van der Waals surface area contributed by atoms with Gasteiger partial charge in [0, 0.05) is 17.8 Å². The van der Waals surface area contributed by atoms with Crippen LogP contribution in [0.1, 0.15) is 11.1 Å². The van der Waals surface area contributed by atoms with Gasteiger partial charge in [0.05, 0.1) is 32.6 Å². The molecule has 1 N–H and O–H groups in total. The van der Waals surface area contributed by atoms with Crippen molar-refractivity contribution in [2.24, 2.45) is 0 Å². The predicted molar refractivity (Wildman–Crippen MR) is 127 cm³/mol. The maximum atomic E-state index is 13.5. The van der Waals surface area contributed by atoms with Crippen LogP contribution in [0.4, 0.5) is 11.4 Å². The molecule has 33 heavy (non-hydrogen) atoms. The number of carbonyl (C=O) groups excluding carboxylic acids is 2. The van der Waals surface area contributed by atoms with Crippen LogP contribution in [0, 0.1) is 6.92 Å². The minimum atomic E-state index is -0.449. The van der Waals surface area contributed by atoms with Gasteiger partial charge in [0.1, 0.15) is 5.70 Å². The third-order valence-electron chi connectivity index (χ3n) is 5.37. The van der Waals surface area contributed by atoms with E-state index in [0.29, 0.717) is 34.2 Å². The summed E-state index contributed by atoms with van der Waals surface area (Å²) in [5.74, 6) is 0.431. The van der Waals surface area contributed by atoms with Gasteiger partial charge in [-0.15, -0.1) is 0 Å². The highest BCUT2D eigenvalue weighted by Crippen LogP contribution is 2.41. The third kappa shape index (κ3) is 4.01. The number of anilines is 2. The number of ether oxygens (including phenoxy) is 3. The van der Waals surface area contributed by atoms with Crippen LogP contribution in [0.2, 0.25) is 0 Å². The van der Waals surface area contributed by atoms with Gasteiger partial charge in [-0.2, -0.15) is 0 Å². The molecule has 0 saturated carbocycles. The Morgan fingerprint density at radius 2 is 1.36 bits per heavy atom.